The average Bonchev–Trinajstić information content (AvgIpc) is 3.19. The van der Waals surface area contributed by atoms with Gasteiger partial charge in [0.2, 0.25) is 14.9 Å². The molecule has 0 aliphatic carbocycles. The molecule has 0 atom stereocenters. The van der Waals surface area contributed by atoms with Crippen molar-refractivity contribution in [2.45, 2.75) is 23.8 Å². The average molecular weight is 469 g/mol. The summed E-state index contributed by atoms with van der Waals surface area (Å²) in [4.78, 5) is 21.2. The van der Waals surface area contributed by atoms with E-state index >= 15 is 0 Å². The summed E-state index contributed by atoms with van der Waals surface area (Å²) in [5.74, 6) is -0.0199. The number of aromatic amines is 1. The summed E-state index contributed by atoms with van der Waals surface area (Å²) < 4.78 is 28.2. The third-order valence-corrected chi connectivity index (χ3v) is 7.96. The minimum Gasteiger partial charge on any atom is -0.506 e. The van der Waals surface area contributed by atoms with Crippen LogP contribution in [0.25, 0.3) is 16.6 Å². The second-order valence-corrected chi connectivity index (χ2v) is 10.3. The first-order valence-corrected chi connectivity index (χ1v) is 12.0. The Hall–Kier alpha value is -3.44. The number of aryl methyl sites for hydroxylation is 2. The Morgan fingerprint density at radius 3 is 2.48 bits per heavy atom. The summed E-state index contributed by atoms with van der Waals surface area (Å²) in [5, 5.41) is 17.2. The van der Waals surface area contributed by atoms with E-state index in [1.807, 2.05) is 18.9 Å². The van der Waals surface area contributed by atoms with Gasteiger partial charge in [0.25, 0.3) is 5.56 Å². The normalized spacial score (nSPS) is 15.5. The summed E-state index contributed by atoms with van der Waals surface area (Å²) in [5.41, 5.74) is 1.78. The molecule has 0 radical (unpaired) electrons. The Morgan fingerprint density at radius 2 is 1.79 bits per heavy atom. The third-order valence-electron chi connectivity index (χ3n) is 6.14. The van der Waals surface area contributed by atoms with Gasteiger partial charge in [-0.25, -0.2) is 18.1 Å². The molecule has 1 aliphatic heterocycles. The number of sulfone groups is 1. The van der Waals surface area contributed by atoms with E-state index in [1.54, 1.807) is 25.1 Å². The van der Waals surface area contributed by atoms with E-state index in [2.05, 4.69) is 20.2 Å². The van der Waals surface area contributed by atoms with Crippen molar-refractivity contribution in [1.29, 1.82) is 0 Å². The van der Waals surface area contributed by atoms with Crippen LogP contribution in [0.3, 0.4) is 0 Å². The lowest BCUT2D eigenvalue weighted by Crippen LogP contribution is -2.44. The molecule has 4 aromatic rings. The Kier molecular flexibility index (Phi) is 4.91. The van der Waals surface area contributed by atoms with E-state index in [-0.39, 0.29) is 26.7 Å². The highest BCUT2D eigenvalue weighted by atomic mass is 32.2. The monoisotopic (exact) mass is 468 g/mol. The standard InChI is InChI=1S/C22H24N6O4S/c1-13-4-5-19(14(2)10-13)33(31,32)22-20-23-21(30)15-11-18(29)17(12-16(15)28(20)25-24-22)27-8-6-26(3)7-9-27/h4-5,10-12,25,29H,6-9H2,1-3H3. The molecule has 0 spiro atoms. The minimum absolute atomic E-state index is 0.0199. The highest BCUT2D eigenvalue weighted by molar-refractivity contribution is 7.91. The minimum atomic E-state index is -4.03. The van der Waals surface area contributed by atoms with Crippen LogP contribution in [-0.2, 0) is 9.84 Å². The number of rotatable bonds is 3. The van der Waals surface area contributed by atoms with E-state index in [9.17, 15) is 18.3 Å². The zero-order valence-electron chi connectivity index (χ0n) is 18.5. The molecule has 0 amide bonds. The van der Waals surface area contributed by atoms with Crippen molar-refractivity contribution in [3.05, 3.63) is 51.8 Å². The lowest BCUT2D eigenvalue weighted by molar-refractivity contribution is 0.311. The number of aromatic hydroxyl groups is 1. The lowest BCUT2D eigenvalue weighted by Gasteiger charge is -2.34. The van der Waals surface area contributed by atoms with Crippen molar-refractivity contribution in [3.8, 4) is 5.75 Å². The van der Waals surface area contributed by atoms with Crippen molar-refractivity contribution >= 4 is 32.1 Å². The van der Waals surface area contributed by atoms with Crippen LogP contribution in [-0.4, -0.2) is 71.5 Å². The fourth-order valence-electron chi connectivity index (χ4n) is 4.32. The summed E-state index contributed by atoms with van der Waals surface area (Å²) in [6, 6.07) is 8.09. The van der Waals surface area contributed by atoms with Gasteiger partial charge in [0, 0.05) is 26.2 Å². The lowest BCUT2D eigenvalue weighted by atomic mass is 10.1. The molecule has 11 heteroatoms. The number of aromatic nitrogens is 4. The number of hydrogen-bond acceptors (Lipinski definition) is 8. The molecule has 2 aromatic carbocycles. The number of hydrogen-bond donors (Lipinski definition) is 2. The highest BCUT2D eigenvalue weighted by Crippen LogP contribution is 2.33. The van der Waals surface area contributed by atoms with Crippen LogP contribution in [0.4, 0.5) is 5.69 Å². The van der Waals surface area contributed by atoms with E-state index in [0.29, 0.717) is 29.9 Å². The molecule has 1 fully saturated rings. The quantitative estimate of drug-likeness (QED) is 0.463. The first kappa shape index (κ1) is 21.4. The Labute approximate surface area is 190 Å². The summed E-state index contributed by atoms with van der Waals surface area (Å²) in [6.45, 7) is 6.71. The van der Waals surface area contributed by atoms with Gasteiger partial charge < -0.3 is 14.9 Å². The largest absolute Gasteiger partial charge is 0.506 e. The number of nitrogens with one attached hydrogen (secondary N) is 1. The van der Waals surface area contributed by atoms with Crippen molar-refractivity contribution in [2.24, 2.45) is 0 Å². The first-order valence-electron chi connectivity index (χ1n) is 10.6. The molecule has 172 valence electrons. The molecule has 0 saturated carbocycles. The highest BCUT2D eigenvalue weighted by Gasteiger charge is 2.28. The second kappa shape index (κ2) is 7.56. The fourth-order valence-corrected chi connectivity index (χ4v) is 5.80. The summed E-state index contributed by atoms with van der Waals surface area (Å²) >= 11 is 0. The Bertz CT molecular complexity index is 1570. The molecule has 33 heavy (non-hydrogen) atoms. The molecule has 0 bridgehead atoms. The molecule has 0 unspecified atom stereocenters. The van der Waals surface area contributed by atoms with Crippen LogP contribution >= 0.6 is 0 Å². The number of piperazine rings is 1. The molecule has 10 nitrogen and oxygen atoms in total. The molecule has 1 saturated heterocycles. The summed E-state index contributed by atoms with van der Waals surface area (Å²) in [7, 11) is -1.99. The molecule has 5 rings (SSSR count). The zero-order chi connectivity index (χ0) is 23.5. The Balaban J connectivity index is 1.71. The fraction of sp³-hybridized carbons (Fsp3) is 0.318. The smallest absolute Gasteiger partial charge is 0.281 e. The number of benzene rings is 2. The van der Waals surface area contributed by atoms with Crippen LogP contribution in [0.15, 0.2) is 45.0 Å². The molecule has 3 heterocycles. The molecule has 2 N–H and O–H groups in total. The first-order chi connectivity index (χ1) is 15.7. The third kappa shape index (κ3) is 3.44. The van der Waals surface area contributed by atoms with Gasteiger partial charge in [-0.1, -0.05) is 17.7 Å². The predicted molar refractivity (Wildman–Crippen MR) is 124 cm³/mol. The number of H-pyrrole nitrogens is 1. The summed E-state index contributed by atoms with van der Waals surface area (Å²) in [6.07, 6.45) is 0. The van der Waals surface area contributed by atoms with Gasteiger partial charge in [-0.3, -0.25) is 4.79 Å². The van der Waals surface area contributed by atoms with Gasteiger partial charge in [-0.05, 0) is 44.7 Å². The van der Waals surface area contributed by atoms with Crippen LogP contribution in [0, 0.1) is 13.8 Å². The van der Waals surface area contributed by atoms with Crippen molar-refractivity contribution < 1.29 is 13.5 Å². The maximum Gasteiger partial charge on any atom is 0.281 e. The molecule has 1 aliphatic rings. The van der Waals surface area contributed by atoms with E-state index in [0.717, 1.165) is 18.7 Å². The molecule has 2 aromatic heterocycles. The number of phenols is 1. The molecular weight excluding hydrogens is 444 g/mol. The number of anilines is 1. The van der Waals surface area contributed by atoms with Crippen LogP contribution in [0.2, 0.25) is 0 Å². The number of phenolic OH excluding ortho intramolecular Hbond substituents is 1. The number of fused-ring (bicyclic) bond motifs is 3. The topological polar surface area (TPSA) is 124 Å². The number of nitrogens with zero attached hydrogens (tertiary/aromatic N) is 5. The van der Waals surface area contributed by atoms with Crippen molar-refractivity contribution in [3.63, 3.8) is 0 Å². The second-order valence-electron chi connectivity index (χ2n) is 8.51. The maximum atomic E-state index is 13.4. The van der Waals surface area contributed by atoms with E-state index < -0.39 is 15.4 Å². The molecular formula is C22H24N6O4S. The van der Waals surface area contributed by atoms with Crippen LogP contribution in [0.1, 0.15) is 11.1 Å². The van der Waals surface area contributed by atoms with Crippen LogP contribution < -0.4 is 10.5 Å². The van der Waals surface area contributed by atoms with Gasteiger partial charge >= 0.3 is 0 Å². The number of likely N-dealkylation sites (N-methyl/N-ethyl adjacent to an activating group) is 1. The van der Waals surface area contributed by atoms with Gasteiger partial charge in [0.1, 0.15) is 5.75 Å². The van der Waals surface area contributed by atoms with Gasteiger partial charge in [0.05, 0.1) is 21.5 Å². The zero-order valence-corrected chi connectivity index (χ0v) is 19.3. The van der Waals surface area contributed by atoms with Gasteiger partial charge in [-0.2, -0.15) is 4.98 Å². The van der Waals surface area contributed by atoms with Crippen LogP contribution in [0.5, 0.6) is 5.75 Å². The Morgan fingerprint density at radius 1 is 1.06 bits per heavy atom. The van der Waals surface area contributed by atoms with Crippen molar-refractivity contribution in [2.75, 3.05) is 38.1 Å². The van der Waals surface area contributed by atoms with Gasteiger partial charge in [0.15, 0.2) is 5.65 Å². The SMILES string of the molecule is Cc1ccc(S(=O)(=O)c2n[nH]n3c2nc(=O)c2cc(O)c(N4CCN(C)CC4)cc23)c(C)c1. The van der Waals surface area contributed by atoms with Gasteiger partial charge in [-0.15, -0.1) is 5.10 Å². The maximum absolute atomic E-state index is 13.4. The van der Waals surface area contributed by atoms with Crippen molar-refractivity contribution in [1.82, 2.24) is 24.7 Å². The van der Waals surface area contributed by atoms with E-state index in [4.69, 9.17) is 0 Å². The predicted octanol–water partition coefficient (Wildman–Crippen LogP) is 1.48. The van der Waals surface area contributed by atoms with E-state index in [1.165, 1.54) is 16.6 Å².